The Balaban J connectivity index is 2.44. The molecule has 0 aliphatic carbocycles. The fourth-order valence-electron chi connectivity index (χ4n) is 1.30. The molecule has 0 bridgehead atoms. The quantitative estimate of drug-likeness (QED) is 0.452. The Bertz CT molecular complexity index is 391. The maximum absolute atomic E-state index is 11.6. The lowest BCUT2D eigenvalue weighted by Gasteiger charge is -2.09. The van der Waals surface area contributed by atoms with E-state index in [0.29, 0.717) is 24.7 Å². The number of amides is 1. The molecule has 0 spiro atoms. The van der Waals surface area contributed by atoms with Crippen LogP contribution in [0.15, 0.2) is 18.2 Å². The number of rotatable bonds is 5. The van der Waals surface area contributed by atoms with Crippen LogP contribution < -0.4 is 10.6 Å². The van der Waals surface area contributed by atoms with Gasteiger partial charge in [0.15, 0.2) is 11.5 Å². The SMILES string of the molecule is CC(C)NCCNC(=O)c1ccc(O)c(O)c1. The van der Waals surface area contributed by atoms with Crippen LogP contribution in [-0.2, 0) is 0 Å². The van der Waals surface area contributed by atoms with E-state index in [9.17, 15) is 9.90 Å². The standard InChI is InChI=1S/C12H18N2O3/c1-8(2)13-5-6-14-12(17)9-3-4-10(15)11(16)7-9/h3-4,7-8,13,15-16H,5-6H2,1-2H3,(H,14,17). The van der Waals surface area contributed by atoms with Crippen molar-refractivity contribution >= 4 is 5.91 Å². The predicted molar refractivity (Wildman–Crippen MR) is 65.2 cm³/mol. The van der Waals surface area contributed by atoms with Crippen LogP contribution in [0.4, 0.5) is 0 Å². The van der Waals surface area contributed by atoms with Gasteiger partial charge in [-0.15, -0.1) is 0 Å². The molecule has 0 aliphatic rings. The summed E-state index contributed by atoms with van der Waals surface area (Å²) in [5.74, 6) is -0.799. The van der Waals surface area contributed by atoms with Crippen LogP contribution in [0.3, 0.4) is 0 Å². The van der Waals surface area contributed by atoms with E-state index in [1.165, 1.54) is 18.2 Å². The van der Waals surface area contributed by atoms with E-state index in [-0.39, 0.29) is 17.4 Å². The van der Waals surface area contributed by atoms with Crippen molar-refractivity contribution in [3.8, 4) is 11.5 Å². The minimum Gasteiger partial charge on any atom is -0.504 e. The summed E-state index contributed by atoms with van der Waals surface area (Å²) in [6.07, 6.45) is 0. The third kappa shape index (κ3) is 4.32. The molecule has 0 heterocycles. The molecule has 0 aromatic heterocycles. The first kappa shape index (κ1) is 13.3. The molecule has 0 saturated carbocycles. The lowest BCUT2D eigenvalue weighted by atomic mass is 10.2. The Morgan fingerprint density at radius 3 is 2.53 bits per heavy atom. The summed E-state index contributed by atoms with van der Waals surface area (Å²) in [6.45, 7) is 5.26. The van der Waals surface area contributed by atoms with Gasteiger partial charge in [0.05, 0.1) is 0 Å². The van der Waals surface area contributed by atoms with Crippen molar-refractivity contribution in [2.45, 2.75) is 19.9 Å². The minimum atomic E-state index is -0.294. The molecule has 17 heavy (non-hydrogen) atoms. The van der Waals surface area contributed by atoms with Crippen molar-refractivity contribution < 1.29 is 15.0 Å². The van der Waals surface area contributed by atoms with E-state index < -0.39 is 0 Å². The third-order valence-electron chi connectivity index (χ3n) is 2.20. The zero-order chi connectivity index (χ0) is 12.8. The molecule has 1 amide bonds. The molecular formula is C12H18N2O3. The fourth-order valence-corrected chi connectivity index (χ4v) is 1.30. The molecule has 4 N–H and O–H groups in total. The Morgan fingerprint density at radius 2 is 1.94 bits per heavy atom. The molecule has 5 nitrogen and oxygen atoms in total. The number of hydrogen-bond donors (Lipinski definition) is 4. The van der Waals surface area contributed by atoms with E-state index in [1.807, 2.05) is 13.8 Å². The number of aromatic hydroxyl groups is 2. The maximum atomic E-state index is 11.6. The molecule has 0 saturated heterocycles. The molecule has 1 aromatic carbocycles. The highest BCUT2D eigenvalue weighted by atomic mass is 16.3. The number of carbonyl (C=O) groups excluding carboxylic acids is 1. The van der Waals surface area contributed by atoms with Crippen molar-refractivity contribution in [1.29, 1.82) is 0 Å². The smallest absolute Gasteiger partial charge is 0.251 e. The van der Waals surface area contributed by atoms with Crippen LogP contribution in [0.2, 0.25) is 0 Å². The van der Waals surface area contributed by atoms with E-state index in [1.54, 1.807) is 0 Å². The fraction of sp³-hybridized carbons (Fsp3) is 0.417. The van der Waals surface area contributed by atoms with Crippen molar-refractivity contribution in [3.05, 3.63) is 23.8 Å². The van der Waals surface area contributed by atoms with Gasteiger partial charge < -0.3 is 20.8 Å². The largest absolute Gasteiger partial charge is 0.504 e. The first-order valence-electron chi connectivity index (χ1n) is 5.54. The highest BCUT2D eigenvalue weighted by Gasteiger charge is 2.07. The summed E-state index contributed by atoms with van der Waals surface area (Å²) >= 11 is 0. The number of phenols is 2. The van der Waals surface area contributed by atoms with E-state index in [4.69, 9.17) is 5.11 Å². The molecule has 1 rings (SSSR count). The molecule has 0 unspecified atom stereocenters. The molecule has 1 aromatic rings. The first-order chi connectivity index (χ1) is 8.00. The van der Waals surface area contributed by atoms with Gasteiger partial charge >= 0.3 is 0 Å². The van der Waals surface area contributed by atoms with Gasteiger partial charge in [-0.1, -0.05) is 13.8 Å². The minimum absolute atomic E-state index is 0.233. The zero-order valence-electron chi connectivity index (χ0n) is 10.0. The van der Waals surface area contributed by atoms with Gasteiger partial charge in [0, 0.05) is 24.7 Å². The van der Waals surface area contributed by atoms with Crippen LogP contribution in [0.1, 0.15) is 24.2 Å². The highest BCUT2D eigenvalue weighted by molar-refractivity contribution is 5.94. The molecule has 5 heteroatoms. The topological polar surface area (TPSA) is 81.6 Å². The van der Waals surface area contributed by atoms with Crippen molar-refractivity contribution in [2.24, 2.45) is 0 Å². The number of benzene rings is 1. The van der Waals surface area contributed by atoms with Crippen molar-refractivity contribution in [2.75, 3.05) is 13.1 Å². The second-order valence-electron chi connectivity index (χ2n) is 4.07. The van der Waals surface area contributed by atoms with Crippen molar-refractivity contribution in [1.82, 2.24) is 10.6 Å². The number of carbonyl (C=O) groups is 1. The van der Waals surface area contributed by atoms with Gasteiger partial charge in [-0.2, -0.15) is 0 Å². The average molecular weight is 238 g/mol. The van der Waals surface area contributed by atoms with Crippen LogP contribution in [0.25, 0.3) is 0 Å². The van der Waals surface area contributed by atoms with Crippen LogP contribution >= 0.6 is 0 Å². The maximum Gasteiger partial charge on any atom is 0.251 e. The summed E-state index contributed by atoms with van der Waals surface area (Å²) in [5.41, 5.74) is 0.324. The Kier molecular flexibility index (Phi) is 4.78. The number of hydrogen-bond acceptors (Lipinski definition) is 4. The molecular weight excluding hydrogens is 220 g/mol. The Labute approximate surface area is 100 Å². The first-order valence-corrected chi connectivity index (χ1v) is 5.54. The van der Waals surface area contributed by atoms with Gasteiger partial charge in [-0.3, -0.25) is 4.79 Å². The van der Waals surface area contributed by atoms with Gasteiger partial charge in [-0.05, 0) is 18.2 Å². The summed E-state index contributed by atoms with van der Waals surface area (Å²) in [6, 6.07) is 4.36. The Morgan fingerprint density at radius 1 is 1.24 bits per heavy atom. The van der Waals surface area contributed by atoms with Crippen LogP contribution in [0, 0.1) is 0 Å². The molecule has 94 valence electrons. The van der Waals surface area contributed by atoms with Gasteiger partial charge in [0.2, 0.25) is 0 Å². The molecule has 0 radical (unpaired) electrons. The second-order valence-corrected chi connectivity index (χ2v) is 4.07. The van der Waals surface area contributed by atoms with E-state index in [2.05, 4.69) is 10.6 Å². The third-order valence-corrected chi connectivity index (χ3v) is 2.20. The second kappa shape index (κ2) is 6.10. The summed E-state index contributed by atoms with van der Waals surface area (Å²) in [5, 5.41) is 24.2. The van der Waals surface area contributed by atoms with Crippen LogP contribution in [0.5, 0.6) is 11.5 Å². The summed E-state index contributed by atoms with van der Waals surface area (Å²) < 4.78 is 0. The summed E-state index contributed by atoms with van der Waals surface area (Å²) in [4.78, 5) is 11.6. The lowest BCUT2D eigenvalue weighted by molar-refractivity contribution is 0.0953. The molecule has 0 atom stereocenters. The van der Waals surface area contributed by atoms with Gasteiger partial charge in [0.1, 0.15) is 0 Å². The monoisotopic (exact) mass is 238 g/mol. The molecule has 0 fully saturated rings. The van der Waals surface area contributed by atoms with Crippen molar-refractivity contribution in [3.63, 3.8) is 0 Å². The number of nitrogens with one attached hydrogen (secondary N) is 2. The highest BCUT2D eigenvalue weighted by Crippen LogP contribution is 2.24. The zero-order valence-corrected chi connectivity index (χ0v) is 10.0. The van der Waals surface area contributed by atoms with E-state index >= 15 is 0 Å². The average Bonchev–Trinajstić information content (AvgIpc) is 2.27. The van der Waals surface area contributed by atoms with Gasteiger partial charge in [-0.25, -0.2) is 0 Å². The van der Waals surface area contributed by atoms with E-state index in [0.717, 1.165) is 0 Å². The summed E-state index contributed by atoms with van der Waals surface area (Å²) in [7, 11) is 0. The predicted octanol–water partition coefficient (Wildman–Crippen LogP) is 0.826. The Hall–Kier alpha value is -1.75. The van der Waals surface area contributed by atoms with Crippen LogP contribution in [-0.4, -0.2) is 35.3 Å². The lowest BCUT2D eigenvalue weighted by Crippen LogP contribution is -2.34. The number of phenolic OH excluding ortho intramolecular Hbond substituents is 2. The molecule has 0 aliphatic heterocycles. The van der Waals surface area contributed by atoms with Gasteiger partial charge in [0.25, 0.3) is 5.91 Å². The normalized spacial score (nSPS) is 10.5.